The third kappa shape index (κ3) is 5.25. The summed E-state index contributed by atoms with van der Waals surface area (Å²) in [6.07, 6.45) is 0.361. The van der Waals surface area contributed by atoms with Crippen molar-refractivity contribution in [3.63, 3.8) is 0 Å². The Bertz CT molecular complexity index is 218. The van der Waals surface area contributed by atoms with Gasteiger partial charge in [0.25, 0.3) is 6.29 Å². The highest BCUT2D eigenvalue weighted by atomic mass is 35.5. The van der Waals surface area contributed by atoms with Crippen LogP contribution in [0.2, 0.25) is 0 Å². The SMILES string of the molecule is C/C=C(/Cl)C(OC(C)=O)OC(C)=O. The highest BCUT2D eigenvalue weighted by molar-refractivity contribution is 6.30. The smallest absolute Gasteiger partial charge is 0.306 e. The molecular formula is C8H11ClO4. The first-order chi connectivity index (χ1) is 5.97. The maximum Gasteiger partial charge on any atom is 0.306 e. The summed E-state index contributed by atoms with van der Waals surface area (Å²) in [5.41, 5.74) is 0. The standard InChI is InChI=1S/C8H11ClO4/c1-4-7(9)8(12-5(2)10)13-6(3)11/h4,8H,1-3H3/b7-4+. The zero-order valence-electron chi connectivity index (χ0n) is 7.67. The van der Waals surface area contributed by atoms with Crippen LogP contribution >= 0.6 is 11.6 Å². The van der Waals surface area contributed by atoms with Gasteiger partial charge in [0.2, 0.25) is 0 Å². The van der Waals surface area contributed by atoms with E-state index < -0.39 is 18.2 Å². The molecule has 74 valence electrons. The lowest BCUT2D eigenvalue weighted by Crippen LogP contribution is -2.22. The number of hydrogen-bond donors (Lipinski definition) is 0. The third-order valence-corrected chi connectivity index (χ3v) is 1.44. The summed E-state index contributed by atoms with van der Waals surface area (Å²) >= 11 is 5.63. The van der Waals surface area contributed by atoms with Crippen LogP contribution in [0.3, 0.4) is 0 Å². The fraction of sp³-hybridized carbons (Fsp3) is 0.500. The van der Waals surface area contributed by atoms with E-state index in [4.69, 9.17) is 11.6 Å². The van der Waals surface area contributed by atoms with Gasteiger partial charge >= 0.3 is 11.9 Å². The third-order valence-electron chi connectivity index (χ3n) is 1.05. The van der Waals surface area contributed by atoms with Gasteiger partial charge in [0, 0.05) is 13.8 Å². The molecule has 0 saturated heterocycles. The molecule has 0 aliphatic heterocycles. The number of allylic oxidation sites excluding steroid dienone is 1. The quantitative estimate of drug-likeness (QED) is 0.520. The zero-order chi connectivity index (χ0) is 10.4. The van der Waals surface area contributed by atoms with Crippen LogP contribution < -0.4 is 0 Å². The Balaban J connectivity index is 4.36. The minimum absolute atomic E-state index is 0.158. The van der Waals surface area contributed by atoms with Crippen molar-refractivity contribution in [2.24, 2.45) is 0 Å². The topological polar surface area (TPSA) is 52.6 Å². The van der Waals surface area contributed by atoms with Crippen molar-refractivity contribution >= 4 is 23.5 Å². The molecule has 0 radical (unpaired) electrons. The number of carbonyl (C=O) groups excluding carboxylic acids is 2. The summed E-state index contributed by atoms with van der Waals surface area (Å²) in [4.78, 5) is 21.1. The van der Waals surface area contributed by atoms with Crippen molar-refractivity contribution in [3.8, 4) is 0 Å². The number of ether oxygens (including phenoxy) is 2. The number of hydrogen-bond acceptors (Lipinski definition) is 4. The van der Waals surface area contributed by atoms with E-state index in [1.54, 1.807) is 6.92 Å². The summed E-state index contributed by atoms with van der Waals surface area (Å²) in [6, 6.07) is 0. The molecule has 0 aliphatic rings. The lowest BCUT2D eigenvalue weighted by molar-refractivity contribution is -0.176. The van der Waals surface area contributed by atoms with E-state index in [-0.39, 0.29) is 5.03 Å². The molecule has 0 N–H and O–H groups in total. The van der Waals surface area contributed by atoms with Gasteiger partial charge in [-0.05, 0) is 6.92 Å². The molecule has 0 rings (SSSR count). The number of rotatable bonds is 3. The first-order valence-electron chi connectivity index (χ1n) is 3.63. The first kappa shape index (κ1) is 12.0. The molecule has 0 aromatic carbocycles. The zero-order valence-corrected chi connectivity index (χ0v) is 8.42. The fourth-order valence-corrected chi connectivity index (χ4v) is 0.663. The molecule has 0 heterocycles. The minimum Gasteiger partial charge on any atom is -0.420 e. The van der Waals surface area contributed by atoms with Gasteiger partial charge in [0.15, 0.2) is 0 Å². The maximum atomic E-state index is 10.6. The molecule has 0 aromatic heterocycles. The highest BCUT2D eigenvalue weighted by Crippen LogP contribution is 2.13. The van der Waals surface area contributed by atoms with E-state index >= 15 is 0 Å². The lowest BCUT2D eigenvalue weighted by atomic mass is 10.5. The van der Waals surface area contributed by atoms with Gasteiger partial charge in [-0.25, -0.2) is 0 Å². The van der Waals surface area contributed by atoms with Crippen LogP contribution in [0.15, 0.2) is 11.1 Å². The normalized spacial score (nSPS) is 11.3. The van der Waals surface area contributed by atoms with Gasteiger partial charge in [0.1, 0.15) is 0 Å². The van der Waals surface area contributed by atoms with Gasteiger partial charge < -0.3 is 9.47 Å². The minimum atomic E-state index is -1.12. The molecule has 0 saturated carbocycles. The second kappa shape index (κ2) is 5.59. The summed E-state index contributed by atoms with van der Waals surface area (Å²) in [7, 11) is 0. The molecule has 5 heteroatoms. The Labute approximate surface area is 81.5 Å². The van der Waals surface area contributed by atoms with Crippen molar-refractivity contribution < 1.29 is 19.1 Å². The van der Waals surface area contributed by atoms with Gasteiger partial charge in [-0.1, -0.05) is 17.7 Å². The van der Waals surface area contributed by atoms with Crippen molar-refractivity contribution in [1.29, 1.82) is 0 Å². The maximum absolute atomic E-state index is 10.6. The lowest BCUT2D eigenvalue weighted by Gasteiger charge is -2.15. The summed E-state index contributed by atoms with van der Waals surface area (Å²) in [5.74, 6) is -1.13. The second-order valence-electron chi connectivity index (χ2n) is 2.22. The monoisotopic (exact) mass is 206 g/mol. The number of esters is 2. The van der Waals surface area contributed by atoms with E-state index in [2.05, 4.69) is 9.47 Å². The van der Waals surface area contributed by atoms with Gasteiger partial charge in [-0.15, -0.1) is 0 Å². The predicted octanol–water partition coefficient (Wildman–Crippen LogP) is 1.58. The Morgan fingerprint density at radius 3 is 1.85 bits per heavy atom. The van der Waals surface area contributed by atoms with E-state index in [0.717, 1.165) is 0 Å². The Morgan fingerprint density at radius 1 is 1.23 bits per heavy atom. The highest BCUT2D eigenvalue weighted by Gasteiger charge is 2.18. The summed E-state index contributed by atoms with van der Waals surface area (Å²) in [5, 5.41) is 0.158. The molecule has 0 atom stereocenters. The van der Waals surface area contributed by atoms with Gasteiger partial charge in [0.05, 0.1) is 5.03 Å². The second-order valence-corrected chi connectivity index (χ2v) is 2.66. The average molecular weight is 207 g/mol. The van der Waals surface area contributed by atoms with Gasteiger partial charge in [-0.2, -0.15) is 0 Å². The van der Waals surface area contributed by atoms with Crippen LogP contribution in [-0.2, 0) is 19.1 Å². The molecule has 0 aliphatic carbocycles. The number of halogens is 1. The van der Waals surface area contributed by atoms with E-state index in [1.807, 2.05) is 0 Å². The predicted molar refractivity (Wildman–Crippen MR) is 46.9 cm³/mol. The van der Waals surface area contributed by atoms with Crippen LogP contribution in [0.1, 0.15) is 20.8 Å². The van der Waals surface area contributed by atoms with E-state index in [1.165, 1.54) is 19.9 Å². The molecule has 0 unspecified atom stereocenters. The summed E-state index contributed by atoms with van der Waals surface area (Å²) in [6.45, 7) is 4.05. The molecule has 4 nitrogen and oxygen atoms in total. The Hall–Kier alpha value is -1.03. The van der Waals surface area contributed by atoms with E-state index in [0.29, 0.717) is 0 Å². The van der Waals surface area contributed by atoms with Crippen LogP contribution in [0.25, 0.3) is 0 Å². The van der Waals surface area contributed by atoms with Crippen LogP contribution in [-0.4, -0.2) is 18.2 Å². The van der Waals surface area contributed by atoms with E-state index in [9.17, 15) is 9.59 Å². The van der Waals surface area contributed by atoms with Crippen molar-refractivity contribution in [3.05, 3.63) is 11.1 Å². The van der Waals surface area contributed by atoms with Crippen molar-refractivity contribution in [2.75, 3.05) is 0 Å². The molecule has 0 fully saturated rings. The molecule has 13 heavy (non-hydrogen) atoms. The van der Waals surface area contributed by atoms with Crippen molar-refractivity contribution in [1.82, 2.24) is 0 Å². The molecule has 0 amide bonds. The molecule has 0 aromatic rings. The molecule has 0 bridgehead atoms. The molecule has 0 spiro atoms. The largest absolute Gasteiger partial charge is 0.420 e. The van der Waals surface area contributed by atoms with Crippen LogP contribution in [0.5, 0.6) is 0 Å². The first-order valence-corrected chi connectivity index (χ1v) is 4.01. The fourth-order valence-electron chi connectivity index (χ4n) is 0.574. The Kier molecular flexibility index (Phi) is 5.14. The Morgan fingerprint density at radius 2 is 1.62 bits per heavy atom. The van der Waals surface area contributed by atoms with Crippen LogP contribution in [0.4, 0.5) is 0 Å². The molecular weight excluding hydrogens is 196 g/mol. The number of carbonyl (C=O) groups is 2. The van der Waals surface area contributed by atoms with Crippen LogP contribution in [0, 0.1) is 0 Å². The van der Waals surface area contributed by atoms with Crippen molar-refractivity contribution in [2.45, 2.75) is 27.1 Å². The average Bonchev–Trinajstić information content (AvgIpc) is 2.00. The summed E-state index contributed by atoms with van der Waals surface area (Å²) < 4.78 is 9.26. The van der Waals surface area contributed by atoms with Gasteiger partial charge in [-0.3, -0.25) is 9.59 Å².